The number of nitrogens with one attached hydrogen (secondary N) is 1. The molecule has 2 aromatic rings. The van der Waals surface area contributed by atoms with Gasteiger partial charge < -0.3 is 10.1 Å². The monoisotopic (exact) mass is 402 g/mol. The van der Waals surface area contributed by atoms with Crippen LogP contribution < -0.4 is 5.32 Å². The van der Waals surface area contributed by atoms with Gasteiger partial charge in [-0.05, 0) is 54.0 Å². The Morgan fingerprint density at radius 1 is 1.22 bits per heavy atom. The minimum atomic E-state index is 0.107. The van der Waals surface area contributed by atoms with Gasteiger partial charge in [0.2, 0.25) is 5.91 Å². The van der Waals surface area contributed by atoms with Gasteiger partial charge >= 0.3 is 0 Å². The summed E-state index contributed by atoms with van der Waals surface area (Å²) in [5.74, 6) is 0.578. The van der Waals surface area contributed by atoms with Crippen molar-refractivity contribution in [3.05, 3.63) is 51.7 Å². The van der Waals surface area contributed by atoms with Crippen LogP contribution in [0.25, 0.3) is 0 Å². The van der Waals surface area contributed by atoms with Crippen LogP contribution in [-0.4, -0.2) is 49.4 Å². The number of rotatable bonds is 7. The van der Waals surface area contributed by atoms with Crippen molar-refractivity contribution in [3.63, 3.8) is 0 Å². The summed E-state index contributed by atoms with van der Waals surface area (Å²) in [5.41, 5.74) is 2.94. The molecule has 1 aliphatic heterocycles. The molecule has 2 heterocycles. The van der Waals surface area contributed by atoms with Gasteiger partial charge in [0.05, 0.1) is 25.0 Å². The molecule has 0 unspecified atom stereocenters. The number of fused-ring (bicyclic) bond motifs is 1. The van der Waals surface area contributed by atoms with Crippen molar-refractivity contribution in [2.45, 2.75) is 30.2 Å². The summed E-state index contributed by atoms with van der Waals surface area (Å²) in [5, 5.41) is 5.26. The molecule has 2 aliphatic rings. The van der Waals surface area contributed by atoms with E-state index in [1.54, 1.807) is 23.1 Å². The summed E-state index contributed by atoms with van der Waals surface area (Å²) in [7, 11) is 0. The molecule has 4 rings (SSSR count). The Labute approximate surface area is 169 Å². The first-order valence-electron chi connectivity index (χ1n) is 9.66. The number of ether oxygens (including phenoxy) is 1. The van der Waals surface area contributed by atoms with Crippen molar-refractivity contribution < 1.29 is 9.53 Å². The van der Waals surface area contributed by atoms with Crippen molar-refractivity contribution in [2.75, 3.05) is 38.6 Å². The van der Waals surface area contributed by atoms with E-state index in [0.29, 0.717) is 12.3 Å². The fourth-order valence-electron chi connectivity index (χ4n) is 3.83. The lowest BCUT2D eigenvalue weighted by molar-refractivity contribution is -0.118. The number of carbonyl (C=O) groups excluding carboxylic acids is 1. The first-order valence-corrected chi connectivity index (χ1v) is 11.5. The fraction of sp³-hybridized carbons (Fsp3) is 0.476. The van der Waals surface area contributed by atoms with E-state index in [9.17, 15) is 4.79 Å². The lowest BCUT2D eigenvalue weighted by Crippen LogP contribution is -2.43. The Balaban J connectivity index is 1.30. The van der Waals surface area contributed by atoms with Crippen LogP contribution in [0.15, 0.2) is 40.6 Å². The second-order valence-corrected chi connectivity index (χ2v) is 9.08. The first kappa shape index (κ1) is 19.0. The van der Waals surface area contributed by atoms with Crippen molar-refractivity contribution in [2.24, 2.45) is 0 Å². The van der Waals surface area contributed by atoms with Crippen molar-refractivity contribution in [3.8, 4) is 0 Å². The average molecular weight is 403 g/mol. The number of morpholine rings is 1. The molecule has 0 bridgehead atoms. The largest absolute Gasteiger partial charge is 0.379 e. The third-order valence-corrected chi connectivity index (χ3v) is 7.26. The number of hydrogen-bond donors (Lipinski definition) is 1. The van der Waals surface area contributed by atoms with Crippen LogP contribution in [0, 0.1) is 0 Å². The maximum absolute atomic E-state index is 12.4. The number of amides is 1. The Bertz CT molecular complexity index is 758. The molecule has 0 saturated carbocycles. The molecule has 0 spiro atoms. The number of benzene rings is 1. The highest BCUT2D eigenvalue weighted by Gasteiger charge is 2.24. The summed E-state index contributed by atoms with van der Waals surface area (Å²) in [6.45, 7) is 4.03. The number of hydrogen-bond acceptors (Lipinski definition) is 5. The zero-order chi connectivity index (χ0) is 18.5. The van der Waals surface area contributed by atoms with Crippen LogP contribution in [0.3, 0.4) is 0 Å². The third-order valence-electron chi connectivity index (χ3n) is 5.29. The van der Waals surface area contributed by atoms with Crippen LogP contribution in [0.2, 0.25) is 0 Å². The molecule has 1 aromatic carbocycles. The van der Waals surface area contributed by atoms with Gasteiger partial charge in [-0.25, -0.2) is 0 Å². The molecular weight excluding hydrogens is 376 g/mol. The highest BCUT2D eigenvalue weighted by Crippen LogP contribution is 2.28. The summed E-state index contributed by atoms with van der Waals surface area (Å²) in [6, 6.07) is 11.1. The molecule has 27 heavy (non-hydrogen) atoms. The Kier molecular flexibility index (Phi) is 6.50. The molecule has 1 amide bonds. The van der Waals surface area contributed by atoms with E-state index >= 15 is 0 Å². The van der Waals surface area contributed by atoms with Gasteiger partial charge in [-0.3, -0.25) is 9.69 Å². The zero-order valence-electron chi connectivity index (χ0n) is 15.5. The number of thioether (sulfide) groups is 1. The Morgan fingerprint density at radius 2 is 2.07 bits per heavy atom. The van der Waals surface area contributed by atoms with Crippen molar-refractivity contribution >= 4 is 29.0 Å². The van der Waals surface area contributed by atoms with E-state index in [1.807, 2.05) is 0 Å². The molecule has 1 aromatic heterocycles. The van der Waals surface area contributed by atoms with Crippen molar-refractivity contribution in [1.29, 1.82) is 0 Å². The molecule has 1 fully saturated rings. The van der Waals surface area contributed by atoms with Gasteiger partial charge in [0.15, 0.2) is 0 Å². The molecule has 144 valence electrons. The topological polar surface area (TPSA) is 41.6 Å². The van der Waals surface area contributed by atoms with E-state index in [-0.39, 0.29) is 11.9 Å². The second-order valence-electron chi connectivity index (χ2n) is 7.06. The van der Waals surface area contributed by atoms with E-state index in [2.05, 4.69) is 45.9 Å². The number of aryl methyl sites for hydroxylation is 2. The van der Waals surface area contributed by atoms with Crippen LogP contribution in [0.1, 0.15) is 28.5 Å². The van der Waals surface area contributed by atoms with Crippen LogP contribution >= 0.6 is 23.1 Å². The van der Waals surface area contributed by atoms with Crippen molar-refractivity contribution in [1.82, 2.24) is 10.2 Å². The van der Waals surface area contributed by atoms with E-state index in [1.165, 1.54) is 40.2 Å². The smallest absolute Gasteiger partial charge is 0.230 e. The van der Waals surface area contributed by atoms with E-state index in [4.69, 9.17) is 4.74 Å². The molecule has 4 nitrogen and oxygen atoms in total. The lowest BCUT2D eigenvalue weighted by Gasteiger charge is -2.34. The number of thiophene rings is 1. The van der Waals surface area contributed by atoms with Gasteiger partial charge in [0.1, 0.15) is 0 Å². The summed E-state index contributed by atoms with van der Waals surface area (Å²) in [4.78, 5) is 17.4. The molecule has 1 saturated heterocycles. The zero-order valence-corrected chi connectivity index (χ0v) is 17.1. The maximum Gasteiger partial charge on any atom is 0.230 e. The normalized spacial score (nSPS) is 18.2. The second kappa shape index (κ2) is 9.24. The average Bonchev–Trinajstić information content (AvgIpc) is 3.39. The summed E-state index contributed by atoms with van der Waals surface area (Å²) >= 11 is 3.40. The molecule has 1 atom stereocenters. The summed E-state index contributed by atoms with van der Waals surface area (Å²) < 4.78 is 5.48. The highest BCUT2D eigenvalue weighted by atomic mass is 32.2. The van der Waals surface area contributed by atoms with E-state index < -0.39 is 0 Å². The van der Waals surface area contributed by atoms with Crippen LogP contribution in [0.5, 0.6) is 0 Å². The first-order chi connectivity index (χ1) is 13.3. The maximum atomic E-state index is 12.4. The SMILES string of the molecule is O=C(CSc1ccc2c(c1)CCC2)NC[C@H](c1cccs1)N1CCOCC1. The van der Waals surface area contributed by atoms with Crippen LogP contribution in [0.4, 0.5) is 0 Å². The number of carbonyl (C=O) groups is 1. The molecular formula is C21H26N2O2S2. The van der Waals surface area contributed by atoms with E-state index in [0.717, 1.165) is 26.3 Å². The highest BCUT2D eigenvalue weighted by molar-refractivity contribution is 8.00. The third kappa shape index (κ3) is 4.93. The fourth-order valence-corrected chi connectivity index (χ4v) is 5.48. The molecule has 0 radical (unpaired) electrons. The number of nitrogens with zero attached hydrogens (tertiary/aromatic N) is 1. The molecule has 1 aliphatic carbocycles. The van der Waals surface area contributed by atoms with Gasteiger partial charge in [0.25, 0.3) is 0 Å². The molecule has 1 N–H and O–H groups in total. The summed E-state index contributed by atoms with van der Waals surface area (Å²) in [6.07, 6.45) is 3.64. The van der Waals surface area contributed by atoms with Gasteiger partial charge in [-0.2, -0.15) is 0 Å². The Morgan fingerprint density at radius 3 is 2.89 bits per heavy atom. The predicted octanol–water partition coefficient (Wildman–Crippen LogP) is 3.52. The van der Waals surface area contributed by atoms with Gasteiger partial charge in [-0.1, -0.05) is 12.1 Å². The van der Waals surface area contributed by atoms with Gasteiger partial charge in [0, 0.05) is 29.4 Å². The quantitative estimate of drug-likeness (QED) is 0.720. The van der Waals surface area contributed by atoms with Crippen LogP contribution in [-0.2, 0) is 22.4 Å². The Hall–Kier alpha value is -1.34. The minimum Gasteiger partial charge on any atom is -0.379 e. The lowest BCUT2D eigenvalue weighted by atomic mass is 10.1. The predicted molar refractivity (Wildman–Crippen MR) is 112 cm³/mol. The minimum absolute atomic E-state index is 0.107. The van der Waals surface area contributed by atoms with Gasteiger partial charge in [-0.15, -0.1) is 23.1 Å². The standard InChI is InChI=1S/C21H26N2O2S2/c24-21(15-27-18-7-6-16-3-1-4-17(16)13-18)22-14-19(20-5-2-12-26-20)23-8-10-25-11-9-23/h2,5-7,12-13,19H,1,3-4,8-11,14-15H2,(H,22,24)/t19-/m1/s1. The molecule has 6 heteroatoms.